The molecule has 0 spiro atoms. The highest BCUT2D eigenvalue weighted by atomic mass is 16.5. The predicted octanol–water partition coefficient (Wildman–Crippen LogP) is 1.03. The minimum absolute atomic E-state index is 0.332. The van der Waals surface area contributed by atoms with Gasteiger partial charge >= 0.3 is 0 Å². The van der Waals surface area contributed by atoms with Crippen LogP contribution in [0.2, 0.25) is 0 Å². The number of hydrogen-bond donors (Lipinski definition) is 2. The van der Waals surface area contributed by atoms with Crippen LogP contribution in [-0.2, 0) is 6.42 Å². The van der Waals surface area contributed by atoms with E-state index in [-0.39, 0.29) is 0 Å². The maximum atomic E-state index is 5.23. The molecule has 0 saturated heterocycles. The van der Waals surface area contributed by atoms with E-state index in [1.165, 1.54) is 6.33 Å². The van der Waals surface area contributed by atoms with Crippen LogP contribution in [0, 0.1) is 5.92 Å². The summed E-state index contributed by atoms with van der Waals surface area (Å²) in [6.07, 6.45) is 2.13. The van der Waals surface area contributed by atoms with Gasteiger partial charge in [0.1, 0.15) is 6.33 Å². The van der Waals surface area contributed by atoms with E-state index in [1.54, 1.807) is 0 Å². The van der Waals surface area contributed by atoms with Gasteiger partial charge in [0.25, 0.3) is 0 Å². The van der Waals surface area contributed by atoms with Gasteiger partial charge in [-0.05, 0) is 12.5 Å². The Bertz CT molecular complexity index is 464. The van der Waals surface area contributed by atoms with Crippen LogP contribution in [0.3, 0.4) is 0 Å². The van der Waals surface area contributed by atoms with Crippen molar-refractivity contribution in [1.29, 1.82) is 0 Å². The molecule has 0 aliphatic rings. The Hall–Kier alpha value is -1.76. The summed E-state index contributed by atoms with van der Waals surface area (Å²) >= 11 is 0. The zero-order chi connectivity index (χ0) is 13.0. The van der Waals surface area contributed by atoms with Crippen molar-refractivity contribution in [1.82, 2.24) is 30.6 Å². The molecule has 0 fully saturated rings. The van der Waals surface area contributed by atoms with Gasteiger partial charge in [0, 0.05) is 12.5 Å². The van der Waals surface area contributed by atoms with Crippen LogP contribution in [-0.4, -0.2) is 37.9 Å². The van der Waals surface area contributed by atoms with E-state index in [4.69, 9.17) is 4.52 Å². The van der Waals surface area contributed by atoms with Gasteiger partial charge in [0.15, 0.2) is 5.82 Å². The average molecular weight is 250 g/mol. The van der Waals surface area contributed by atoms with Crippen LogP contribution in [0.4, 0.5) is 0 Å². The van der Waals surface area contributed by atoms with Gasteiger partial charge in [-0.15, -0.1) is 0 Å². The number of H-pyrrole nitrogens is 1. The first-order valence-electron chi connectivity index (χ1n) is 6.12. The minimum Gasteiger partial charge on any atom is -0.339 e. The van der Waals surface area contributed by atoms with Crippen LogP contribution in [0.5, 0.6) is 0 Å². The standard InChI is InChI=1S/C11H18N6O/c1-4-12-8(7(2)3)5-9-15-11(17-18-9)10-13-6-14-16-10/h6-8,12H,4-5H2,1-3H3,(H,13,14,16). The summed E-state index contributed by atoms with van der Waals surface area (Å²) in [5, 5.41) is 13.8. The fraction of sp³-hybridized carbons (Fsp3) is 0.636. The minimum atomic E-state index is 0.332. The number of aromatic amines is 1. The molecule has 2 aromatic heterocycles. The molecule has 18 heavy (non-hydrogen) atoms. The zero-order valence-corrected chi connectivity index (χ0v) is 10.8. The Morgan fingerprint density at radius 3 is 2.89 bits per heavy atom. The van der Waals surface area contributed by atoms with Crippen molar-refractivity contribution in [3.63, 3.8) is 0 Å². The SMILES string of the molecule is CCNC(Cc1nc(-c2ncn[nH]2)no1)C(C)C. The van der Waals surface area contributed by atoms with Gasteiger partial charge in [-0.2, -0.15) is 10.1 Å². The molecule has 2 aromatic rings. The fourth-order valence-corrected chi connectivity index (χ4v) is 1.74. The van der Waals surface area contributed by atoms with E-state index < -0.39 is 0 Å². The molecule has 1 atom stereocenters. The van der Waals surface area contributed by atoms with E-state index in [2.05, 4.69) is 51.4 Å². The molecule has 0 aliphatic carbocycles. The first-order chi connectivity index (χ1) is 8.70. The summed E-state index contributed by atoms with van der Waals surface area (Å²) in [6.45, 7) is 7.34. The van der Waals surface area contributed by atoms with Crippen molar-refractivity contribution < 1.29 is 4.52 Å². The van der Waals surface area contributed by atoms with E-state index in [1.807, 2.05) is 0 Å². The molecular weight excluding hydrogens is 232 g/mol. The Labute approximate surface area is 105 Å². The third-order valence-corrected chi connectivity index (χ3v) is 2.76. The summed E-state index contributed by atoms with van der Waals surface area (Å²) in [7, 11) is 0. The van der Waals surface area contributed by atoms with Gasteiger partial charge in [-0.1, -0.05) is 25.9 Å². The lowest BCUT2D eigenvalue weighted by atomic mass is 10.0. The molecule has 0 radical (unpaired) electrons. The Balaban J connectivity index is 2.06. The van der Waals surface area contributed by atoms with Crippen LogP contribution >= 0.6 is 0 Å². The highest BCUT2D eigenvalue weighted by Gasteiger charge is 2.18. The summed E-state index contributed by atoms with van der Waals surface area (Å²) in [4.78, 5) is 8.29. The topological polar surface area (TPSA) is 92.5 Å². The quantitative estimate of drug-likeness (QED) is 0.795. The molecule has 0 bridgehead atoms. The van der Waals surface area contributed by atoms with Crippen molar-refractivity contribution in [3.8, 4) is 11.6 Å². The van der Waals surface area contributed by atoms with Crippen molar-refractivity contribution in [2.45, 2.75) is 33.2 Å². The molecule has 0 amide bonds. The molecule has 7 heteroatoms. The molecule has 0 aromatic carbocycles. The number of hydrogen-bond acceptors (Lipinski definition) is 6. The number of nitrogens with zero attached hydrogens (tertiary/aromatic N) is 4. The number of likely N-dealkylation sites (N-methyl/N-ethyl adjacent to an activating group) is 1. The highest BCUT2D eigenvalue weighted by molar-refractivity contribution is 5.39. The molecule has 2 rings (SSSR count). The number of aromatic nitrogens is 5. The van der Waals surface area contributed by atoms with Gasteiger partial charge < -0.3 is 9.84 Å². The Morgan fingerprint density at radius 2 is 2.28 bits per heavy atom. The first-order valence-corrected chi connectivity index (χ1v) is 6.12. The average Bonchev–Trinajstić information content (AvgIpc) is 2.98. The van der Waals surface area contributed by atoms with E-state index >= 15 is 0 Å². The number of nitrogens with one attached hydrogen (secondary N) is 2. The van der Waals surface area contributed by atoms with Crippen LogP contribution in [0.1, 0.15) is 26.7 Å². The van der Waals surface area contributed by atoms with E-state index in [0.717, 1.165) is 6.54 Å². The largest absolute Gasteiger partial charge is 0.339 e. The lowest BCUT2D eigenvalue weighted by Crippen LogP contribution is -2.35. The van der Waals surface area contributed by atoms with Crippen LogP contribution in [0.25, 0.3) is 11.6 Å². The lowest BCUT2D eigenvalue weighted by molar-refractivity contribution is 0.329. The lowest BCUT2D eigenvalue weighted by Gasteiger charge is -2.19. The third-order valence-electron chi connectivity index (χ3n) is 2.76. The molecule has 2 heterocycles. The van der Waals surface area contributed by atoms with Crippen molar-refractivity contribution in [3.05, 3.63) is 12.2 Å². The summed E-state index contributed by atoms with van der Waals surface area (Å²) in [6, 6.07) is 0.332. The highest BCUT2D eigenvalue weighted by Crippen LogP contribution is 2.12. The van der Waals surface area contributed by atoms with Crippen molar-refractivity contribution in [2.24, 2.45) is 5.92 Å². The zero-order valence-electron chi connectivity index (χ0n) is 10.8. The van der Waals surface area contributed by atoms with Gasteiger partial charge in [0.05, 0.1) is 0 Å². The second-order valence-electron chi connectivity index (χ2n) is 4.46. The van der Waals surface area contributed by atoms with E-state index in [9.17, 15) is 0 Å². The fourth-order valence-electron chi connectivity index (χ4n) is 1.74. The van der Waals surface area contributed by atoms with Gasteiger partial charge in [0.2, 0.25) is 11.7 Å². The number of rotatable bonds is 6. The molecule has 2 N–H and O–H groups in total. The smallest absolute Gasteiger partial charge is 0.239 e. The maximum Gasteiger partial charge on any atom is 0.239 e. The summed E-state index contributed by atoms with van der Waals surface area (Å²) in [5.41, 5.74) is 0. The van der Waals surface area contributed by atoms with Crippen LogP contribution < -0.4 is 5.32 Å². The Morgan fingerprint density at radius 1 is 1.44 bits per heavy atom. The summed E-state index contributed by atoms with van der Waals surface area (Å²) < 4.78 is 5.23. The third kappa shape index (κ3) is 2.92. The molecule has 7 nitrogen and oxygen atoms in total. The molecule has 0 aliphatic heterocycles. The molecule has 1 unspecified atom stereocenters. The molecular formula is C11H18N6O. The van der Waals surface area contributed by atoms with Crippen LogP contribution in [0.15, 0.2) is 10.9 Å². The predicted molar refractivity (Wildman–Crippen MR) is 65.7 cm³/mol. The van der Waals surface area contributed by atoms with Gasteiger partial charge in [-0.3, -0.25) is 5.10 Å². The second kappa shape index (κ2) is 5.72. The van der Waals surface area contributed by atoms with Gasteiger partial charge in [-0.25, -0.2) is 4.98 Å². The van der Waals surface area contributed by atoms with Crippen molar-refractivity contribution >= 4 is 0 Å². The van der Waals surface area contributed by atoms with Crippen molar-refractivity contribution in [2.75, 3.05) is 6.54 Å². The Kier molecular flexibility index (Phi) is 4.03. The first kappa shape index (κ1) is 12.7. The van der Waals surface area contributed by atoms with E-state index in [0.29, 0.717) is 35.9 Å². The monoisotopic (exact) mass is 250 g/mol. The molecule has 0 saturated carbocycles. The summed E-state index contributed by atoms with van der Waals surface area (Å²) in [5.74, 6) is 2.09. The normalized spacial score (nSPS) is 13.1. The maximum absolute atomic E-state index is 5.23. The second-order valence-corrected chi connectivity index (χ2v) is 4.46. The molecule has 98 valence electrons.